The molecule has 0 spiro atoms. The molecule has 0 bridgehead atoms. The van der Waals surface area contributed by atoms with Crippen molar-refractivity contribution in [1.82, 2.24) is 9.98 Å². The van der Waals surface area contributed by atoms with Crippen molar-refractivity contribution in [2.24, 2.45) is 11.3 Å². The first-order valence-corrected chi connectivity index (χ1v) is 7.32. The molecule has 2 unspecified atom stereocenters. The van der Waals surface area contributed by atoms with Gasteiger partial charge in [-0.05, 0) is 33.6 Å². The number of rotatable bonds is 5. The number of esters is 1. The summed E-state index contributed by atoms with van der Waals surface area (Å²) in [7, 11) is 0. The molecule has 1 saturated heterocycles. The van der Waals surface area contributed by atoms with E-state index < -0.39 is 23.6 Å². The SMILES string of the molecule is CC(OC(=O)C(C)(C)C)On1on1N1CCCC(C(=O)O)C1. The van der Waals surface area contributed by atoms with Gasteiger partial charge >= 0.3 is 11.9 Å². The van der Waals surface area contributed by atoms with Crippen LogP contribution in [0.4, 0.5) is 0 Å². The minimum Gasteiger partial charge on any atom is -0.481 e. The van der Waals surface area contributed by atoms with Crippen LogP contribution in [-0.2, 0) is 14.3 Å². The number of carbonyl (C=O) groups excluding carboxylic acids is 1. The zero-order chi connectivity index (χ0) is 16.5. The summed E-state index contributed by atoms with van der Waals surface area (Å²) in [5.74, 6) is -1.61. The molecule has 9 nitrogen and oxygen atoms in total. The van der Waals surface area contributed by atoms with Gasteiger partial charge in [-0.25, -0.2) is 0 Å². The molecular formula is C13H23N3O6. The van der Waals surface area contributed by atoms with Gasteiger partial charge in [0.2, 0.25) is 0 Å². The summed E-state index contributed by atoms with van der Waals surface area (Å²) in [5, 5.41) is 11.9. The van der Waals surface area contributed by atoms with Crippen molar-refractivity contribution < 1.29 is 28.9 Å². The molecule has 2 rings (SSSR count). The second-order valence-electron chi connectivity index (χ2n) is 6.49. The zero-order valence-corrected chi connectivity index (χ0v) is 13.3. The summed E-state index contributed by atoms with van der Waals surface area (Å²) in [6.07, 6.45) is 0.607. The van der Waals surface area contributed by atoms with Gasteiger partial charge in [-0.3, -0.25) is 14.6 Å². The summed E-state index contributed by atoms with van der Waals surface area (Å²) in [4.78, 5) is 29.4. The van der Waals surface area contributed by atoms with Gasteiger partial charge in [0, 0.05) is 18.4 Å². The van der Waals surface area contributed by atoms with Crippen LogP contribution in [0, 0.1) is 11.3 Å². The maximum atomic E-state index is 11.7. The summed E-state index contributed by atoms with van der Waals surface area (Å²) in [6.45, 7) is 7.87. The third-order valence-electron chi connectivity index (χ3n) is 3.37. The van der Waals surface area contributed by atoms with Crippen molar-refractivity contribution in [2.45, 2.75) is 46.8 Å². The van der Waals surface area contributed by atoms with Crippen molar-refractivity contribution in [2.75, 3.05) is 18.1 Å². The average Bonchev–Trinajstić information content (AvgIpc) is 3.16. The van der Waals surface area contributed by atoms with Crippen molar-refractivity contribution in [3.8, 4) is 0 Å². The smallest absolute Gasteiger partial charge is 0.314 e. The maximum Gasteiger partial charge on any atom is 0.314 e. The van der Waals surface area contributed by atoms with Crippen molar-refractivity contribution in [3.05, 3.63) is 0 Å². The quantitative estimate of drug-likeness (QED) is 0.629. The molecule has 2 atom stereocenters. The van der Waals surface area contributed by atoms with E-state index in [0.717, 1.165) is 11.4 Å². The number of nitrogens with zero attached hydrogens (tertiary/aromatic N) is 3. The highest BCUT2D eigenvalue weighted by molar-refractivity contribution is 5.75. The number of hydrogen-bond acceptors (Lipinski definition) is 6. The van der Waals surface area contributed by atoms with Gasteiger partial charge in [0.1, 0.15) is 5.02 Å². The molecule has 126 valence electrons. The van der Waals surface area contributed by atoms with Crippen LogP contribution in [0.3, 0.4) is 0 Å². The van der Waals surface area contributed by atoms with Crippen molar-refractivity contribution in [3.63, 3.8) is 0 Å². The third-order valence-corrected chi connectivity index (χ3v) is 3.37. The van der Waals surface area contributed by atoms with E-state index >= 15 is 0 Å². The fourth-order valence-electron chi connectivity index (χ4n) is 2.05. The summed E-state index contributed by atoms with van der Waals surface area (Å²) < 4.78 is 10.2. The maximum absolute atomic E-state index is 11.7. The number of piperidine rings is 1. The predicted molar refractivity (Wildman–Crippen MR) is 74.6 cm³/mol. The van der Waals surface area contributed by atoms with Crippen LogP contribution >= 0.6 is 0 Å². The zero-order valence-electron chi connectivity index (χ0n) is 13.3. The average molecular weight is 317 g/mol. The van der Waals surface area contributed by atoms with E-state index in [9.17, 15) is 9.59 Å². The van der Waals surface area contributed by atoms with E-state index in [-0.39, 0.29) is 5.97 Å². The highest BCUT2D eigenvalue weighted by atomic mass is 17.0. The van der Waals surface area contributed by atoms with Crippen LogP contribution in [0.1, 0.15) is 40.5 Å². The van der Waals surface area contributed by atoms with E-state index in [1.807, 2.05) is 0 Å². The normalized spacial score (nSPS) is 20.7. The van der Waals surface area contributed by atoms with E-state index in [1.54, 1.807) is 32.7 Å². The highest BCUT2D eigenvalue weighted by Gasteiger charge is 2.32. The van der Waals surface area contributed by atoms with Crippen LogP contribution in [-0.4, -0.2) is 46.4 Å². The fraction of sp³-hybridized carbons (Fsp3) is 0.846. The number of carboxylic acid groups (broad SMARTS) is 1. The molecule has 22 heavy (non-hydrogen) atoms. The molecule has 0 amide bonds. The van der Waals surface area contributed by atoms with Crippen LogP contribution in [0.25, 0.3) is 0 Å². The number of carbonyl (C=O) groups is 2. The molecule has 1 aromatic heterocycles. The Labute approximate surface area is 128 Å². The molecule has 1 fully saturated rings. The second kappa shape index (κ2) is 5.98. The Hall–Kier alpha value is -2.06. The highest BCUT2D eigenvalue weighted by Crippen LogP contribution is 2.18. The van der Waals surface area contributed by atoms with Crippen LogP contribution < -0.4 is 9.85 Å². The van der Waals surface area contributed by atoms with E-state index in [2.05, 4.69) is 0 Å². The Morgan fingerprint density at radius 2 is 2.05 bits per heavy atom. The Kier molecular flexibility index (Phi) is 4.43. The predicted octanol–water partition coefficient (Wildman–Crippen LogP) is 0.679. The van der Waals surface area contributed by atoms with Gasteiger partial charge < -0.3 is 14.7 Å². The monoisotopic (exact) mass is 317 g/mol. The number of aliphatic carboxylic acids is 1. The molecule has 1 aliphatic heterocycles. The molecule has 1 aliphatic rings. The lowest BCUT2D eigenvalue weighted by Crippen LogP contribution is -2.44. The van der Waals surface area contributed by atoms with Crippen LogP contribution in [0.15, 0.2) is 4.63 Å². The van der Waals surface area contributed by atoms with Gasteiger partial charge in [-0.1, -0.05) is 0 Å². The molecule has 1 N–H and O–H groups in total. The number of ether oxygens (including phenoxy) is 1. The van der Waals surface area contributed by atoms with Crippen LogP contribution in [0.5, 0.6) is 0 Å². The molecular weight excluding hydrogens is 294 g/mol. The summed E-state index contributed by atoms with van der Waals surface area (Å²) >= 11 is 0. The van der Waals surface area contributed by atoms with Gasteiger partial charge in [0.25, 0.3) is 6.29 Å². The fourth-order valence-corrected chi connectivity index (χ4v) is 2.05. The molecule has 9 heteroatoms. The molecule has 0 aromatic carbocycles. The molecule has 2 heterocycles. The third kappa shape index (κ3) is 3.99. The van der Waals surface area contributed by atoms with E-state index in [1.165, 1.54) is 4.96 Å². The van der Waals surface area contributed by atoms with Crippen LogP contribution in [0.2, 0.25) is 0 Å². The largest absolute Gasteiger partial charge is 0.481 e. The number of carboxylic acids is 1. The van der Waals surface area contributed by atoms with Crippen molar-refractivity contribution >= 4 is 11.9 Å². The first-order valence-electron chi connectivity index (χ1n) is 7.32. The van der Waals surface area contributed by atoms with Gasteiger partial charge in [0.15, 0.2) is 0 Å². The van der Waals surface area contributed by atoms with Crippen molar-refractivity contribution in [1.29, 1.82) is 0 Å². The van der Waals surface area contributed by atoms with E-state index in [0.29, 0.717) is 19.5 Å². The Balaban J connectivity index is 1.83. The van der Waals surface area contributed by atoms with E-state index in [4.69, 9.17) is 19.3 Å². The second-order valence-corrected chi connectivity index (χ2v) is 6.49. The molecule has 0 saturated carbocycles. The Bertz CT molecular complexity index is 523. The topological polar surface area (TPSA) is 99.1 Å². The minimum absolute atomic E-state index is 0.353. The summed E-state index contributed by atoms with van der Waals surface area (Å²) in [6, 6.07) is 0. The first-order chi connectivity index (χ1) is 10.2. The van der Waals surface area contributed by atoms with Gasteiger partial charge in [-0.2, -0.15) is 4.63 Å². The summed E-state index contributed by atoms with van der Waals surface area (Å²) in [5.41, 5.74) is -0.612. The first kappa shape index (κ1) is 16.3. The minimum atomic E-state index is -0.813. The Morgan fingerprint density at radius 3 is 2.64 bits per heavy atom. The standard InChI is InChI=1S/C13H23N3O6/c1-9(20-12(19)13(2,3)4)21-16-15(22-16)14-7-5-6-10(8-14)11(17)18/h9-10H,5-8H2,1-4H3,(H,17,18). The number of hydrogen-bond donors (Lipinski definition) is 1. The van der Waals surface area contributed by atoms with Gasteiger partial charge in [-0.15, -0.1) is 0 Å². The lowest BCUT2D eigenvalue weighted by Gasteiger charge is -2.27. The Morgan fingerprint density at radius 1 is 1.36 bits per heavy atom. The lowest BCUT2D eigenvalue weighted by atomic mass is 9.97. The lowest BCUT2D eigenvalue weighted by molar-refractivity contribution is -0.189. The number of aromatic nitrogens is 2. The molecule has 0 aliphatic carbocycles. The van der Waals surface area contributed by atoms with Gasteiger partial charge in [0.05, 0.1) is 17.9 Å². The molecule has 1 aromatic rings. The molecule has 0 radical (unpaired) electrons.